The maximum atomic E-state index is 10.5. The molecule has 0 heterocycles. The van der Waals surface area contributed by atoms with Crippen LogP contribution in [0.5, 0.6) is 0 Å². The van der Waals surface area contributed by atoms with Gasteiger partial charge in [0.25, 0.3) is 5.69 Å². The van der Waals surface area contributed by atoms with E-state index in [4.69, 9.17) is 0 Å². The van der Waals surface area contributed by atoms with E-state index < -0.39 is 0 Å². The van der Waals surface area contributed by atoms with Crippen LogP contribution in [-0.2, 0) is 0 Å². The third kappa shape index (κ3) is 2.09. The first-order chi connectivity index (χ1) is 6.56. The summed E-state index contributed by atoms with van der Waals surface area (Å²) >= 11 is 0. The van der Waals surface area contributed by atoms with E-state index in [1.165, 1.54) is 6.07 Å². The topological polar surface area (TPSA) is 55.2 Å². The number of aryl methyl sites for hydroxylation is 1. The molecule has 0 aliphatic rings. The largest absolute Gasteiger partial charge is 0.313 e. The van der Waals surface area contributed by atoms with Crippen LogP contribution >= 0.6 is 0 Å². The van der Waals surface area contributed by atoms with Gasteiger partial charge in [-0.1, -0.05) is 6.07 Å². The van der Waals surface area contributed by atoms with Gasteiger partial charge in [-0.2, -0.15) is 0 Å². The zero-order chi connectivity index (χ0) is 10.7. The van der Waals surface area contributed by atoms with Crippen LogP contribution in [-0.4, -0.2) is 12.0 Å². The summed E-state index contributed by atoms with van der Waals surface area (Å²) in [5, 5.41) is 13.6. The number of benzene rings is 1. The van der Waals surface area contributed by atoms with Crippen molar-refractivity contribution < 1.29 is 4.92 Å². The second kappa shape index (κ2) is 4.19. The van der Waals surface area contributed by atoms with E-state index in [9.17, 15) is 10.1 Å². The Morgan fingerprint density at radius 1 is 1.50 bits per heavy atom. The van der Waals surface area contributed by atoms with Crippen molar-refractivity contribution in [1.29, 1.82) is 0 Å². The smallest absolute Gasteiger partial charge is 0.269 e. The van der Waals surface area contributed by atoms with Crippen LogP contribution in [0.1, 0.15) is 24.1 Å². The second-order valence-electron chi connectivity index (χ2n) is 3.31. The summed E-state index contributed by atoms with van der Waals surface area (Å²) in [4.78, 5) is 10.1. The molecule has 1 aromatic rings. The predicted octanol–water partition coefficient (Wildman–Crippen LogP) is 2.18. The Kier molecular flexibility index (Phi) is 3.19. The minimum atomic E-state index is -0.374. The van der Waals surface area contributed by atoms with E-state index in [0.717, 1.165) is 11.1 Å². The third-order valence-corrected chi connectivity index (χ3v) is 2.36. The van der Waals surface area contributed by atoms with Gasteiger partial charge >= 0.3 is 0 Å². The average Bonchev–Trinajstić information content (AvgIpc) is 2.16. The SMILES string of the molecule is CN[C@H](C)c1ccc([N+](=O)[O-])cc1C. The highest BCUT2D eigenvalue weighted by Gasteiger charge is 2.10. The number of non-ortho nitro benzene ring substituents is 1. The molecule has 0 fully saturated rings. The summed E-state index contributed by atoms with van der Waals surface area (Å²) < 4.78 is 0. The summed E-state index contributed by atoms with van der Waals surface area (Å²) in [5.41, 5.74) is 2.19. The number of nitrogens with zero attached hydrogens (tertiary/aromatic N) is 1. The number of nitro benzene ring substituents is 1. The zero-order valence-electron chi connectivity index (χ0n) is 8.57. The quantitative estimate of drug-likeness (QED) is 0.592. The molecule has 4 nitrogen and oxygen atoms in total. The summed E-state index contributed by atoms with van der Waals surface area (Å²) in [6.07, 6.45) is 0. The zero-order valence-corrected chi connectivity index (χ0v) is 8.57. The molecule has 0 bridgehead atoms. The monoisotopic (exact) mass is 194 g/mol. The minimum Gasteiger partial charge on any atom is -0.313 e. The molecule has 1 atom stereocenters. The molecule has 0 saturated carbocycles. The van der Waals surface area contributed by atoms with Crippen molar-refractivity contribution in [3.63, 3.8) is 0 Å². The van der Waals surface area contributed by atoms with Gasteiger partial charge in [0, 0.05) is 18.2 Å². The number of hydrogen-bond donors (Lipinski definition) is 1. The Hall–Kier alpha value is -1.42. The van der Waals surface area contributed by atoms with Gasteiger partial charge in [-0.05, 0) is 32.0 Å². The molecule has 0 saturated heterocycles. The van der Waals surface area contributed by atoms with Gasteiger partial charge in [0.2, 0.25) is 0 Å². The van der Waals surface area contributed by atoms with Crippen molar-refractivity contribution in [3.8, 4) is 0 Å². The van der Waals surface area contributed by atoms with E-state index in [2.05, 4.69) is 5.32 Å². The van der Waals surface area contributed by atoms with Crippen LogP contribution in [0.2, 0.25) is 0 Å². The Bertz CT molecular complexity index is 350. The first-order valence-electron chi connectivity index (χ1n) is 4.48. The molecule has 0 aliphatic heterocycles. The van der Waals surface area contributed by atoms with Crippen molar-refractivity contribution in [2.45, 2.75) is 19.9 Å². The molecule has 76 valence electrons. The summed E-state index contributed by atoms with van der Waals surface area (Å²) in [5.74, 6) is 0. The molecule has 0 spiro atoms. The van der Waals surface area contributed by atoms with Gasteiger partial charge < -0.3 is 5.32 Å². The Morgan fingerprint density at radius 2 is 2.14 bits per heavy atom. The lowest BCUT2D eigenvalue weighted by Crippen LogP contribution is -2.13. The highest BCUT2D eigenvalue weighted by Crippen LogP contribution is 2.21. The molecule has 0 unspecified atom stereocenters. The Morgan fingerprint density at radius 3 is 2.57 bits per heavy atom. The average molecular weight is 194 g/mol. The van der Waals surface area contributed by atoms with Gasteiger partial charge in [-0.15, -0.1) is 0 Å². The van der Waals surface area contributed by atoms with E-state index in [1.54, 1.807) is 12.1 Å². The van der Waals surface area contributed by atoms with Crippen LogP contribution < -0.4 is 5.32 Å². The van der Waals surface area contributed by atoms with Crippen LogP contribution in [0.4, 0.5) is 5.69 Å². The lowest BCUT2D eigenvalue weighted by atomic mass is 10.0. The highest BCUT2D eigenvalue weighted by atomic mass is 16.6. The van der Waals surface area contributed by atoms with Gasteiger partial charge in [0.05, 0.1) is 4.92 Å². The first kappa shape index (κ1) is 10.7. The molecule has 1 aromatic carbocycles. The van der Waals surface area contributed by atoms with Crippen molar-refractivity contribution >= 4 is 5.69 Å². The molecular formula is C10H14N2O2. The van der Waals surface area contributed by atoms with E-state index in [1.807, 2.05) is 20.9 Å². The Balaban J connectivity index is 3.07. The first-order valence-corrected chi connectivity index (χ1v) is 4.48. The molecule has 0 aromatic heterocycles. The normalized spacial score (nSPS) is 12.5. The standard InChI is InChI=1S/C10H14N2O2/c1-7-6-9(12(13)14)4-5-10(7)8(2)11-3/h4-6,8,11H,1-3H3/t8-/m1/s1. The fourth-order valence-corrected chi connectivity index (χ4v) is 1.41. The van der Waals surface area contributed by atoms with Gasteiger partial charge in [-0.3, -0.25) is 10.1 Å². The van der Waals surface area contributed by atoms with Gasteiger partial charge in [0.15, 0.2) is 0 Å². The number of hydrogen-bond acceptors (Lipinski definition) is 3. The second-order valence-corrected chi connectivity index (χ2v) is 3.31. The molecule has 0 aliphatic carbocycles. The maximum absolute atomic E-state index is 10.5. The van der Waals surface area contributed by atoms with E-state index in [-0.39, 0.29) is 16.7 Å². The fourth-order valence-electron chi connectivity index (χ4n) is 1.41. The van der Waals surface area contributed by atoms with Crippen LogP contribution in [0, 0.1) is 17.0 Å². The minimum absolute atomic E-state index is 0.148. The molecule has 14 heavy (non-hydrogen) atoms. The van der Waals surface area contributed by atoms with Crippen molar-refractivity contribution in [1.82, 2.24) is 5.32 Å². The van der Waals surface area contributed by atoms with E-state index >= 15 is 0 Å². The van der Waals surface area contributed by atoms with E-state index in [0.29, 0.717) is 0 Å². The van der Waals surface area contributed by atoms with Crippen LogP contribution in [0.25, 0.3) is 0 Å². The molecule has 0 amide bonds. The van der Waals surface area contributed by atoms with Crippen LogP contribution in [0.15, 0.2) is 18.2 Å². The summed E-state index contributed by atoms with van der Waals surface area (Å²) in [7, 11) is 1.87. The lowest BCUT2D eigenvalue weighted by Gasteiger charge is -2.12. The van der Waals surface area contributed by atoms with Crippen molar-refractivity contribution in [3.05, 3.63) is 39.4 Å². The summed E-state index contributed by atoms with van der Waals surface area (Å²) in [6, 6.07) is 5.16. The highest BCUT2D eigenvalue weighted by molar-refractivity contribution is 5.40. The molecule has 0 radical (unpaired) electrons. The van der Waals surface area contributed by atoms with Crippen molar-refractivity contribution in [2.24, 2.45) is 0 Å². The molecule has 1 rings (SSSR count). The molecule has 1 N–H and O–H groups in total. The molecular weight excluding hydrogens is 180 g/mol. The van der Waals surface area contributed by atoms with Gasteiger partial charge in [0.1, 0.15) is 0 Å². The number of nitrogens with one attached hydrogen (secondary N) is 1. The Labute approximate surface area is 83.1 Å². The molecule has 4 heteroatoms. The van der Waals surface area contributed by atoms with Gasteiger partial charge in [-0.25, -0.2) is 0 Å². The fraction of sp³-hybridized carbons (Fsp3) is 0.400. The maximum Gasteiger partial charge on any atom is 0.269 e. The predicted molar refractivity (Wildman–Crippen MR) is 55.3 cm³/mol. The van der Waals surface area contributed by atoms with Crippen LogP contribution in [0.3, 0.4) is 0 Å². The number of rotatable bonds is 3. The van der Waals surface area contributed by atoms with Crippen molar-refractivity contribution in [2.75, 3.05) is 7.05 Å². The number of nitro groups is 1. The summed E-state index contributed by atoms with van der Waals surface area (Å²) in [6.45, 7) is 3.91. The lowest BCUT2D eigenvalue weighted by molar-refractivity contribution is -0.384. The third-order valence-electron chi connectivity index (χ3n) is 2.36.